The molecule has 0 atom stereocenters. The van der Waals surface area contributed by atoms with E-state index in [4.69, 9.17) is 4.74 Å². The van der Waals surface area contributed by atoms with Crippen molar-refractivity contribution in [2.75, 3.05) is 17.5 Å². The minimum Gasteiger partial charge on any atom is -0.462 e. The van der Waals surface area contributed by atoms with Gasteiger partial charge in [0.2, 0.25) is 0 Å². The van der Waals surface area contributed by atoms with Crippen LogP contribution in [0.25, 0.3) is 0 Å². The van der Waals surface area contributed by atoms with Crippen LogP contribution in [-0.2, 0) is 14.8 Å². The van der Waals surface area contributed by atoms with Crippen LogP contribution < -0.4 is 4.31 Å². The van der Waals surface area contributed by atoms with Gasteiger partial charge in [-0.3, -0.25) is 4.31 Å². The number of esters is 1. The van der Waals surface area contributed by atoms with Crippen molar-refractivity contribution in [3.63, 3.8) is 0 Å². The Morgan fingerprint density at radius 3 is 2.46 bits per heavy atom. The van der Waals surface area contributed by atoms with Crippen molar-refractivity contribution < 1.29 is 17.9 Å². The zero-order chi connectivity index (χ0) is 19.3. The fourth-order valence-corrected chi connectivity index (χ4v) is 4.19. The van der Waals surface area contributed by atoms with Crippen LogP contribution in [-0.4, -0.2) is 27.5 Å². The Hall–Kier alpha value is -2.12. The molecule has 0 unspecified atom stereocenters. The largest absolute Gasteiger partial charge is 0.462 e. The summed E-state index contributed by atoms with van der Waals surface area (Å²) < 4.78 is 33.2. The maximum atomic E-state index is 13.2. The number of carbonyl (C=O) groups excluding carboxylic acids is 1. The molecule has 26 heavy (non-hydrogen) atoms. The summed E-state index contributed by atoms with van der Waals surface area (Å²) in [4.78, 5) is 12.5. The minimum absolute atomic E-state index is 0.0181. The zero-order valence-corrected chi connectivity index (χ0v) is 17.0. The smallest absolute Gasteiger partial charge is 0.340 e. The van der Waals surface area contributed by atoms with Crippen LogP contribution in [0.15, 0.2) is 64.5 Å². The average Bonchev–Trinajstić information content (AvgIpc) is 2.60. The lowest BCUT2D eigenvalue weighted by Crippen LogP contribution is -2.32. The van der Waals surface area contributed by atoms with Crippen LogP contribution in [0.5, 0.6) is 0 Å². The summed E-state index contributed by atoms with van der Waals surface area (Å²) in [5.74, 6) is -0.586. The van der Waals surface area contributed by atoms with E-state index < -0.39 is 16.0 Å². The SMILES string of the molecule is C=CCN(c1ccc(Br)cc1C(=O)OCC)S(=O)(=O)c1ccc(C)cc1. The molecule has 7 heteroatoms. The average molecular weight is 438 g/mol. The number of carbonyl (C=O) groups is 1. The quantitative estimate of drug-likeness (QED) is 0.477. The maximum absolute atomic E-state index is 13.2. The van der Waals surface area contributed by atoms with Crippen LogP contribution >= 0.6 is 15.9 Å². The second-order valence-corrected chi connectivity index (χ2v) is 8.30. The predicted octanol–water partition coefficient (Wildman–Crippen LogP) is 4.32. The normalized spacial score (nSPS) is 11.0. The van der Waals surface area contributed by atoms with Gasteiger partial charge in [-0.15, -0.1) is 6.58 Å². The summed E-state index contributed by atoms with van der Waals surface area (Å²) in [6, 6.07) is 11.4. The van der Waals surface area contributed by atoms with Crippen molar-refractivity contribution in [3.8, 4) is 0 Å². The summed E-state index contributed by atoms with van der Waals surface area (Å²) in [6.45, 7) is 7.43. The summed E-state index contributed by atoms with van der Waals surface area (Å²) in [6.07, 6.45) is 1.47. The second kappa shape index (κ2) is 8.51. The molecule has 0 aliphatic heterocycles. The Bertz CT molecular complexity index is 908. The molecule has 138 valence electrons. The van der Waals surface area contributed by atoms with Crippen LogP contribution in [0, 0.1) is 6.92 Å². The Balaban J connectivity index is 2.62. The highest BCUT2D eigenvalue weighted by Crippen LogP contribution is 2.30. The molecule has 0 heterocycles. The van der Waals surface area contributed by atoms with E-state index in [1.54, 1.807) is 49.4 Å². The van der Waals surface area contributed by atoms with Gasteiger partial charge in [0.25, 0.3) is 10.0 Å². The van der Waals surface area contributed by atoms with Crippen molar-refractivity contribution in [2.45, 2.75) is 18.7 Å². The third-order valence-electron chi connectivity index (χ3n) is 3.63. The number of halogens is 1. The van der Waals surface area contributed by atoms with Gasteiger partial charge in [0, 0.05) is 4.47 Å². The molecule has 0 N–H and O–H groups in total. The van der Waals surface area contributed by atoms with E-state index in [0.29, 0.717) is 4.47 Å². The van der Waals surface area contributed by atoms with Gasteiger partial charge in [-0.2, -0.15) is 0 Å². The lowest BCUT2D eigenvalue weighted by Gasteiger charge is -2.25. The van der Waals surface area contributed by atoms with Gasteiger partial charge in [0.15, 0.2) is 0 Å². The van der Waals surface area contributed by atoms with Gasteiger partial charge in [-0.05, 0) is 44.2 Å². The van der Waals surface area contributed by atoms with E-state index in [2.05, 4.69) is 22.5 Å². The zero-order valence-electron chi connectivity index (χ0n) is 14.6. The number of hydrogen-bond donors (Lipinski definition) is 0. The third kappa shape index (κ3) is 4.34. The Kier molecular flexibility index (Phi) is 6.61. The van der Waals surface area contributed by atoms with Crippen LogP contribution in [0.2, 0.25) is 0 Å². The van der Waals surface area contributed by atoms with Crippen LogP contribution in [0.4, 0.5) is 5.69 Å². The standard InChI is InChI=1S/C19H20BrNO4S/c1-4-12-21(26(23,24)16-9-6-14(3)7-10-16)18-11-8-15(20)13-17(18)19(22)25-5-2/h4,6-11,13H,1,5,12H2,2-3H3. The first kappa shape index (κ1) is 20.2. The van der Waals surface area contributed by atoms with E-state index in [9.17, 15) is 13.2 Å². The minimum atomic E-state index is -3.88. The van der Waals surface area contributed by atoms with Crippen molar-refractivity contribution in [3.05, 3.63) is 70.7 Å². The highest BCUT2D eigenvalue weighted by Gasteiger charge is 2.28. The number of ether oxygens (including phenoxy) is 1. The highest BCUT2D eigenvalue weighted by molar-refractivity contribution is 9.10. The number of hydrogen-bond acceptors (Lipinski definition) is 4. The molecule has 0 bridgehead atoms. The van der Waals surface area contributed by atoms with E-state index in [-0.39, 0.29) is 29.3 Å². The molecule has 0 radical (unpaired) electrons. The first-order chi connectivity index (χ1) is 12.3. The first-order valence-corrected chi connectivity index (χ1v) is 10.2. The number of sulfonamides is 1. The van der Waals surface area contributed by atoms with Gasteiger partial charge >= 0.3 is 5.97 Å². The van der Waals surface area contributed by atoms with Crippen molar-refractivity contribution in [2.24, 2.45) is 0 Å². The Morgan fingerprint density at radius 2 is 1.88 bits per heavy atom. The molecule has 0 aliphatic rings. The lowest BCUT2D eigenvalue weighted by molar-refractivity contribution is 0.0527. The third-order valence-corrected chi connectivity index (χ3v) is 5.91. The van der Waals surface area contributed by atoms with E-state index in [0.717, 1.165) is 9.87 Å². The molecule has 0 spiro atoms. The summed E-state index contributed by atoms with van der Waals surface area (Å²) >= 11 is 3.31. The molecule has 0 amide bonds. The van der Waals surface area contributed by atoms with E-state index >= 15 is 0 Å². The molecular formula is C19H20BrNO4S. The molecule has 2 rings (SSSR count). The van der Waals surface area contributed by atoms with Gasteiger partial charge in [0.1, 0.15) is 0 Å². The monoisotopic (exact) mass is 437 g/mol. The molecule has 5 nitrogen and oxygen atoms in total. The van der Waals surface area contributed by atoms with Gasteiger partial charge < -0.3 is 4.74 Å². The summed E-state index contributed by atoms with van der Waals surface area (Å²) in [5.41, 5.74) is 1.36. The number of nitrogens with zero attached hydrogens (tertiary/aromatic N) is 1. The molecule has 0 aromatic heterocycles. The topological polar surface area (TPSA) is 63.7 Å². The van der Waals surface area contributed by atoms with Gasteiger partial charge in [-0.1, -0.05) is 39.7 Å². The fourth-order valence-electron chi connectivity index (χ4n) is 2.38. The predicted molar refractivity (Wildman–Crippen MR) is 106 cm³/mol. The van der Waals surface area contributed by atoms with Gasteiger partial charge in [0.05, 0.1) is 29.3 Å². The van der Waals surface area contributed by atoms with Crippen molar-refractivity contribution in [1.29, 1.82) is 0 Å². The molecule has 0 saturated heterocycles. The van der Waals surface area contributed by atoms with E-state index in [1.807, 2.05) is 6.92 Å². The number of benzene rings is 2. The molecule has 2 aromatic rings. The molecular weight excluding hydrogens is 418 g/mol. The lowest BCUT2D eigenvalue weighted by atomic mass is 10.2. The van der Waals surface area contributed by atoms with Crippen LogP contribution in [0.1, 0.15) is 22.8 Å². The fraction of sp³-hybridized carbons (Fsp3) is 0.211. The number of anilines is 1. The summed E-state index contributed by atoms with van der Waals surface area (Å²) in [5, 5.41) is 0. The molecule has 0 fully saturated rings. The van der Waals surface area contributed by atoms with E-state index in [1.165, 1.54) is 6.08 Å². The molecule has 2 aromatic carbocycles. The molecule has 0 aliphatic carbocycles. The number of aryl methyl sites for hydroxylation is 1. The van der Waals surface area contributed by atoms with Crippen molar-refractivity contribution >= 4 is 37.6 Å². The number of rotatable bonds is 7. The molecule has 0 saturated carbocycles. The van der Waals surface area contributed by atoms with Crippen LogP contribution in [0.3, 0.4) is 0 Å². The second-order valence-electron chi connectivity index (χ2n) is 5.52. The Labute approximate surface area is 162 Å². The first-order valence-electron chi connectivity index (χ1n) is 7.98. The van der Waals surface area contributed by atoms with Gasteiger partial charge in [-0.25, -0.2) is 13.2 Å². The highest BCUT2D eigenvalue weighted by atomic mass is 79.9. The Morgan fingerprint density at radius 1 is 1.23 bits per heavy atom. The summed E-state index contributed by atoms with van der Waals surface area (Å²) in [7, 11) is -3.88. The maximum Gasteiger partial charge on any atom is 0.340 e. The van der Waals surface area contributed by atoms with Crippen molar-refractivity contribution in [1.82, 2.24) is 0 Å².